The molecule has 0 aliphatic carbocycles. The van der Waals surface area contributed by atoms with E-state index in [1.54, 1.807) is 17.4 Å². The van der Waals surface area contributed by atoms with Gasteiger partial charge in [-0.05, 0) is 31.6 Å². The predicted octanol–water partition coefficient (Wildman–Crippen LogP) is 1.57. The van der Waals surface area contributed by atoms with E-state index in [2.05, 4.69) is 5.32 Å². The molecule has 0 atom stereocenters. The lowest BCUT2D eigenvalue weighted by atomic mass is 10.3. The number of amides is 1. The molecule has 2 N–H and O–H groups in total. The van der Waals surface area contributed by atoms with Crippen LogP contribution in [0.5, 0.6) is 0 Å². The van der Waals surface area contributed by atoms with Crippen molar-refractivity contribution in [1.82, 2.24) is 5.32 Å². The van der Waals surface area contributed by atoms with Crippen molar-refractivity contribution in [2.75, 3.05) is 13.2 Å². The Balaban J connectivity index is 2.34. The number of rotatable bonds is 5. The fraction of sp³-hybridized carbons (Fsp3) is 0.364. The van der Waals surface area contributed by atoms with Crippen molar-refractivity contribution < 1.29 is 9.90 Å². The van der Waals surface area contributed by atoms with Crippen molar-refractivity contribution in [3.8, 4) is 0 Å². The third kappa shape index (κ3) is 4.76. The molecule has 0 saturated heterocycles. The maximum absolute atomic E-state index is 11.2. The quantitative estimate of drug-likeness (QED) is 0.590. The highest BCUT2D eigenvalue weighted by Gasteiger charge is 1.95. The summed E-state index contributed by atoms with van der Waals surface area (Å²) in [5.74, 6) is -0.116. The second kappa shape index (κ2) is 6.37. The fourth-order valence-corrected chi connectivity index (χ4v) is 1.83. The lowest BCUT2D eigenvalue weighted by Crippen LogP contribution is -2.22. The van der Waals surface area contributed by atoms with Gasteiger partial charge in [0.25, 0.3) is 0 Å². The largest absolute Gasteiger partial charge is 0.396 e. The van der Waals surface area contributed by atoms with Crippen LogP contribution in [0.1, 0.15) is 16.2 Å². The zero-order valence-electron chi connectivity index (χ0n) is 8.69. The molecule has 0 radical (unpaired) electrons. The van der Waals surface area contributed by atoms with E-state index < -0.39 is 0 Å². The Bertz CT molecular complexity index is 344. The molecular formula is C11H15NO2S. The van der Waals surface area contributed by atoms with Crippen LogP contribution in [0, 0.1) is 6.92 Å². The highest BCUT2D eigenvalue weighted by atomic mass is 32.1. The topological polar surface area (TPSA) is 49.3 Å². The van der Waals surface area contributed by atoms with Gasteiger partial charge in [-0.3, -0.25) is 4.79 Å². The smallest absolute Gasteiger partial charge is 0.244 e. The van der Waals surface area contributed by atoms with Crippen LogP contribution >= 0.6 is 11.3 Å². The van der Waals surface area contributed by atoms with Crippen LogP contribution in [0.2, 0.25) is 0 Å². The van der Waals surface area contributed by atoms with E-state index in [1.807, 2.05) is 19.1 Å². The summed E-state index contributed by atoms with van der Waals surface area (Å²) in [6, 6.07) is 4.01. The highest BCUT2D eigenvalue weighted by molar-refractivity contribution is 7.12. The summed E-state index contributed by atoms with van der Waals surface area (Å²) >= 11 is 1.65. The van der Waals surface area contributed by atoms with E-state index >= 15 is 0 Å². The van der Waals surface area contributed by atoms with Gasteiger partial charge in [-0.1, -0.05) is 0 Å². The lowest BCUT2D eigenvalue weighted by molar-refractivity contribution is -0.116. The average Bonchev–Trinajstić information content (AvgIpc) is 2.62. The second-order valence-corrected chi connectivity index (χ2v) is 4.47. The SMILES string of the molecule is Cc1ccc(/C=C/C(=O)NCCCO)s1. The molecule has 0 fully saturated rings. The van der Waals surface area contributed by atoms with Crippen molar-refractivity contribution in [2.45, 2.75) is 13.3 Å². The Morgan fingerprint density at radius 1 is 1.60 bits per heavy atom. The standard InChI is InChI=1S/C11H15NO2S/c1-9-3-4-10(15-9)5-6-11(14)12-7-2-8-13/h3-6,13H,2,7-8H2,1H3,(H,12,14)/b6-5+. The number of aryl methyl sites for hydroxylation is 1. The molecule has 82 valence electrons. The second-order valence-electron chi connectivity index (χ2n) is 3.15. The minimum Gasteiger partial charge on any atom is -0.396 e. The molecule has 0 aliphatic heterocycles. The molecule has 4 heteroatoms. The van der Waals surface area contributed by atoms with Crippen LogP contribution in [-0.2, 0) is 4.79 Å². The first kappa shape index (κ1) is 11.9. The first-order valence-corrected chi connectivity index (χ1v) is 5.67. The molecule has 1 heterocycles. The Morgan fingerprint density at radius 3 is 3.00 bits per heavy atom. The number of nitrogens with one attached hydrogen (secondary N) is 1. The molecule has 1 aromatic heterocycles. The molecule has 3 nitrogen and oxygen atoms in total. The monoisotopic (exact) mass is 225 g/mol. The molecular weight excluding hydrogens is 210 g/mol. The average molecular weight is 225 g/mol. The zero-order chi connectivity index (χ0) is 11.1. The van der Waals surface area contributed by atoms with Gasteiger partial charge in [-0.15, -0.1) is 11.3 Å². The molecule has 0 spiro atoms. The summed E-state index contributed by atoms with van der Waals surface area (Å²) in [6.45, 7) is 2.65. The van der Waals surface area contributed by atoms with E-state index in [-0.39, 0.29) is 12.5 Å². The zero-order valence-corrected chi connectivity index (χ0v) is 9.51. The van der Waals surface area contributed by atoms with Gasteiger partial charge in [-0.2, -0.15) is 0 Å². The van der Waals surface area contributed by atoms with Crippen LogP contribution in [-0.4, -0.2) is 24.2 Å². The Hall–Kier alpha value is -1.13. The molecule has 1 amide bonds. The lowest BCUT2D eigenvalue weighted by Gasteiger charge is -1.98. The number of thiophene rings is 1. The molecule has 1 aromatic rings. The van der Waals surface area contributed by atoms with Gasteiger partial charge in [0, 0.05) is 29.0 Å². The number of hydrogen-bond donors (Lipinski definition) is 2. The van der Waals surface area contributed by atoms with Gasteiger partial charge in [0.15, 0.2) is 0 Å². The van der Waals surface area contributed by atoms with Crippen molar-refractivity contribution in [3.05, 3.63) is 28.0 Å². The van der Waals surface area contributed by atoms with Gasteiger partial charge in [-0.25, -0.2) is 0 Å². The number of carbonyl (C=O) groups excluding carboxylic acids is 1. The van der Waals surface area contributed by atoms with Crippen LogP contribution in [0.15, 0.2) is 18.2 Å². The number of aliphatic hydroxyl groups is 1. The molecule has 0 bridgehead atoms. The summed E-state index contributed by atoms with van der Waals surface area (Å²) in [7, 11) is 0. The third-order valence-corrected chi connectivity index (χ3v) is 2.76. The third-order valence-electron chi connectivity index (χ3n) is 1.79. The summed E-state index contributed by atoms with van der Waals surface area (Å²) in [4.78, 5) is 13.5. The van der Waals surface area contributed by atoms with Crippen LogP contribution < -0.4 is 5.32 Å². The number of hydrogen-bond acceptors (Lipinski definition) is 3. The van der Waals surface area contributed by atoms with Crippen molar-refractivity contribution in [2.24, 2.45) is 0 Å². The minimum atomic E-state index is -0.116. The molecule has 0 unspecified atom stereocenters. The molecule has 0 aromatic carbocycles. The summed E-state index contributed by atoms with van der Waals surface area (Å²) in [6.07, 6.45) is 3.91. The number of carbonyl (C=O) groups is 1. The first-order chi connectivity index (χ1) is 7.22. The van der Waals surface area contributed by atoms with Gasteiger partial charge >= 0.3 is 0 Å². The van der Waals surface area contributed by atoms with Gasteiger partial charge in [0.1, 0.15) is 0 Å². The highest BCUT2D eigenvalue weighted by Crippen LogP contribution is 2.16. The first-order valence-electron chi connectivity index (χ1n) is 4.85. The summed E-state index contributed by atoms with van der Waals surface area (Å²) in [5.41, 5.74) is 0. The van der Waals surface area contributed by atoms with E-state index in [0.29, 0.717) is 13.0 Å². The molecule has 15 heavy (non-hydrogen) atoms. The van der Waals surface area contributed by atoms with Crippen molar-refractivity contribution in [1.29, 1.82) is 0 Å². The number of aliphatic hydroxyl groups excluding tert-OH is 1. The van der Waals surface area contributed by atoms with Gasteiger partial charge in [0.2, 0.25) is 5.91 Å². The summed E-state index contributed by atoms with van der Waals surface area (Å²) < 4.78 is 0. The van der Waals surface area contributed by atoms with E-state index in [4.69, 9.17) is 5.11 Å². The fourth-order valence-electron chi connectivity index (χ4n) is 1.05. The normalized spacial score (nSPS) is 10.8. The van der Waals surface area contributed by atoms with Crippen LogP contribution in [0.3, 0.4) is 0 Å². The minimum absolute atomic E-state index is 0.105. The molecule has 1 rings (SSSR count). The van der Waals surface area contributed by atoms with Crippen LogP contribution in [0.25, 0.3) is 6.08 Å². The van der Waals surface area contributed by atoms with Crippen molar-refractivity contribution in [3.63, 3.8) is 0 Å². The Labute approximate surface area is 93.4 Å². The van der Waals surface area contributed by atoms with Crippen LogP contribution in [0.4, 0.5) is 0 Å². The van der Waals surface area contributed by atoms with Gasteiger partial charge in [0.05, 0.1) is 0 Å². The Kier molecular flexibility index (Phi) is 5.07. The van der Waals surface area contributed by atoms with E-state index in [0.717, 1.165) is 4.88 Å². The summed E-state index contributed by atoms with van der Waals surface area (Å²) in [5, 5.41) is 11.2. The maximum Gasteiger partial charge on any atom is 0.244 e. The predicted molar refractivity (Wildman–Crippen MR) is 62.8 cm³/mol. The molecule has 0 saturated carbocycles. The molecule has 0 aliphatic rings. The van der Waals surface area contributed by atoms with Crippen molar-refractivity contribution >= 4 is 23.3 Å². The van der Waals surface area contributed by atoms with E-state index in [9.17, 15) is 4.79 Å². The Morgan fingerprint density at radius 2 is 2.40 bits per heavy atom. The maximum atomic E-state index is 11.2. The van der Waals surface area contributed by atoms with E-state index in [1.165, 1.54) is 11.0 Å². The van der Waals surface area contributed by atoms with Gasteiger partial charge < -0.3 is 10.4 Å².